The SMILES string of the molecule is COc1cccc(CN(C)C(=O)NCC(C)(O)C(=O)O)c1. The molecule has 0 heterocycles. The molecule has 7 heteroatoms. The van der Waals surface area contributed by atoms with E-state index in [1.165, 1.54) is 4.90 Å². The minimum atomic E-state index is -1.99. The summed E-state index contributed by atoms with van der Waals surface area (Å²) in [5, 5.41) is 20.7. The fourth-order valence-electron chi connectivity index (χ4n) is 1.57. The van der Waals surface area contributed by atoms with Crippen LogP contribution in [0.1, 0.15) is 12.5 Å². The molecular weight excluding hydrogens is 276 g/mol. The van der Waals surface area contributed by atoms with Crippen LogP contribution in [0.3, 0.4) is 0 Å². The number of hydrogen-bond donors (Lipinski definition) is 3. The zero-order valence-corrected chi connectivity index (χ0v) is 12.3. The van der Waals surface area contributed by atoms with Gasteiger partial charge in [0.15, 0.2) is 5.60 Å². The number of aliphatic hydroxyl groups is 1. The minimum absolute atomic E-state index is 0.332. The quantitative estimate of drug-likeness (QED) is 0.716. The molecule has 0 bridgehead atoms. The van der Waals surface area contributed by atoms with Gasteiger partial charge in [-0.1, -0.05) is 12.1 Å². The Bertz CT molecular complexity index is 516. The molecule has 1 rings (SSSR count). The Kier molecular flexibility index (Phi) is 5.54. The van der Waals surface area contributed by atoms with Crippen molar-refractivity contribution in [2.24, 2.45) is 0 Å². The molecule has 0 spiro atoms. The number of aliphatic carboxylic acids is 1. The number of nitrogens with zero attached hydrogens (tertiary/aromatic N) is 1. The summed E-state index contributed by atoms with van der Waals surface area (Å²) in [6, 6.07) is 6.79. The molecular formula is C14H20N2O5. The van der Waals surface area contributed by atoms with Crippen molar-refractivity contribution < 1.29 is 24.5 Å². The number of carbonyl (C=O) groups excluding carboxylic acids is 1. The lowest BCUT2D eigenvalue weighted by Gasteiger charge is -2.22. The van der Waals surface area contributed by atoms with Crippen LogP contribution in [0.4, 0.5) is 4.79 Å². The van der Waals surface area contributed by atoms with E-state index in [-0.39, 0.29) is 6.54 Å². The molecule has 7 nitrogen and oxygen atoms in total. The van der Waals surface area contributed by atoms with Crippen LogP contribution >= 0.6 is 0 Å². The molecule has 1 unspecified atom stereocenters. The number of ether oxygens (including phenoxy) is 1. The van der Waals surface area contributed by atoms with Gasteiger partial charge in [0.1, 0.15) is 5.75 Å². The van der Waals surface area contributed by atoms with Crippen LogP contribution in [0.15, 0.2) is 24.3 Å². The summed E-state index contributed by atoms with van der Waals surface area (Å²) in [6.07, 6.45) is 0. The van der Waals surface area contributed by atoms with Gasteiger partial charge in [-0.05, 0) is 24.6 Å². The Morgan fingerprint density at radius 2 is 2.10 bits per heavy atom. The van der Waals surface area contributed by atoms with E-state index in [1.54, 1.807) is 26.3 Å². The summed E-state index contributed by atoms with van der Waals surface area (Å²) < 4.78 is 5.10. The smallest absolute Gasteiger partial charge is 0.337 e. The first-order valence-electron chi connectivity index (χ1n) is 6.34. The third-order valence-corrected chi connectivity index (χ3v) is 2.95. The molecule has 116 valence electrons. The van der Waals surface area contributed by atoms with E-state index in [9.17, 15) is 14.7 Å². The number of benzene rings is 1. The van der Waals surface area contributed by atoms with Crippen molar-refractivity contribution in [3.05, 3.63) is 29.8 Å². The number of carboxylic acid groups (broad SMARTS) is 1. The lowest BCUT2D eigenvalue weighted by Crippen LogP contribution is -2.49. The predicted octanol–water partition coefficient (Wildman–Crippen LogP) is 0.672. The van der Waals surface area contributed by atoms with Crippen molar-refractivity contribution in [3.63, 3.8) is 0 Å². The summed E-state index contributed by atoms with van der Waals surface area (Å²) in [4.78, 5) is 24.0. The van der Waals surface area contributed by atoms with Gasteiger partial charge < -0.3 is 25.2 Å². The number of amides is 2. The van der Waals surface area contributed by atoms with Crippen LogP contribution in [0.5, 0.6) is 5.75 Å². The number of nitrogens with one attached hydrogen (secondary N) is 1. The Morgan fingerprint density at radius 1 is 1.43 bits per heavy atom. The molecule has 0 aliphatic rings. The lowest BCUT2D eigenvalue weighted by atomic mass is 10.1. The predicted molar refractivity (Wildman–Crippen MR) is 76.1 cm³/mol. The molecule has 0 fully saturated rings. The van der Waals surface area contributed by atoms with Crippen LogP contribution in [0, 0.1) is 0 Å². The maximum atomic E-state index is 11.9. The second-order valence-electron chi connectivity index (χ2n) is 4.95. The summed E-state index contributed by atoms with van der Waals surface area (Å²) in [5.74, 6) is -0.701. The Morgan fingerprint density at radius 3 is 2.67 bits per heavy atom. The minimum Gasteiger partial charge on any atom is -0.497 e. The first-order valence-corrected chi connectivity index (χ1v) is 6.34. The molecule has 0 aliphatic heterocycles. The van der Waals surface area contributed by atoms with E-state index in [0.717, 1.165) is 12.5 Å². The standard InChI is InChI=1S/C14H20N2O5/c1-14(20,12(17)18)9-15-13(19)16(2)8-10-5-4-6-11(7-10)21-3/h4-7,20H,8-9H2,1-3H3,(H,15,19)(H,17,18). The molecule has 0 aromatic heterocycles. The highest BCUT2D eigenvalue weighted by atomic mass is 16.5. The maximum absolute atomic E-state index is 11.9. The van der Waals surface area contributed by atoms with Gasteiger partial charge in [-0.2, -0.15) is 0 Å². The third-order valence-electron chi connectivity index (χ3n) is 2.95. The molecule has 2 amide bonds. The van der Waals surface area contributed by atoms with Crippen molar-refractivity contribution in [1.29, 1.82) is 0 Å². The van der Waals surface area contributed by atoms with E-state index < -0.39 is 17.6 Å². The first-order chi connectivity index (χ1) is 9.76. The van der Waals surface area contributed by atoms with Gasteiger partial charge in [0.05, 0.1) is 13.7 Å². The lowest BCUT2D eigenvalue weighted by molar-refractivity contribution is -0.155. The Hall–Kier alpha value is -2.28. The van der Waals surface area contributed by atoms with E-state index in [1.807, 2.05) is 12.1 Å². The average molecular weight is 296 g/mol. The van der Waals surface area contributed by atoms with Gasteiger partial charge in [-0.15, -0.1) is 0 Å². The monoisotopic (exact) mass is 296 g/mol. The van der Waals surface area contributed by atoms with Gasteiger partial charge in [0.25, 0.3) is 0 Å². The molecule has 1 atom stereocenters. The zero-order chi connectivity index (χ0) is 16.0. The van der Waals surface area contributed by atoms with Crippen molar-refractivity contribution in [3.8, 4) is 5.75 Å². The van der Waals surface area contributed by atoms with E-state index >= 15 is 0 Å². The van der Waals surface area contributed by atoms with Gasteiger partial charge in [0.2, 0.25) is 0 Å². The van der Waals surface area contributed by atoms with Crippen molar-refractivity contribution >= 4 is 12.0 Å². The summed E-state index contributed by atoms with van der Waals surface area (Å²) >= 11 is 0. The van der Waals surface area contributed by atoms with E-state index in [2.05, 4.69) is 5.32 Å². The molecule has 3 N–H and O–H groups in total. The number of carbonyl (C=O) groups is 2. The van der Waals surface area contributed by atoms with Crippen molar-refractivity contribution in [1.82, 2.24) is 10.2 Å². The molecule has 0 radical (unpaired) electrons. The second-order valence-corrected chi connectivity index (χ2v) is 4.95. The van der Waals surface area contributed by atoms with Crippen LogP contribution in [0.2, 0.25) is 0 Å². The number of urea groups is 1. The maximum Gasteiger partial charge on any atom is 0.337 e. The van der Waals surface area contributed by atoms with Crippen LogP contribution in [0.25, 0.3) is 0 Å². The number of hydrogen-bond acceptors (Lipinski definition) is 4. The molecule has 0 saturated carbocycles. The van der Waals surface area contributed by atoms with Gasteiger partial charge in [-0.3, -0.25) is 0 Å². The van der Waals surface area contributed by atoms with Gasteiger partial charge >= 0.3 is 12.0 Å². The largest absolute Gasteiger partial charge is 0.497 e. The topological polar surface area (TPSA) is 99.1 Å². The van der Waals surface area contributed by atoms with E-state index in [0.29, 0.717) is 12.3 Å². The highest BCUT2D eigenvalue weighted by Crippen LogP contribution is 2.13. The highest BCUT2D eigenvalue weighted by molar-refractivity contribution is 5.79. The average Bonchev–Trinajstić information content (AvgIpc) is 2.44. The fourth-order valence-corrected chi connectivity index (χ4v) is 1.57. The zero-order valence-electron chi connectivity index (χ0n) is 12.3. The number of rotatable bonds is 6. The number of methoxy groups -OCH3 is 1. The summed E-state index contributed by atoms with van der Waals surface area (Å²) in [7, 11) is 3.13. The van der Waals surface area contributed by atoms with Crippen LogP contribution < -0.4 is 10.1 Å². The third kappa shape index (κ3) is 4.96. The molecule has 0 saturated heterocycles. The van der Waals surface area contributed by atoms with Crippen molar-refractivity contribution in [2.75, 3.05) is 20.7 Å². The molecule has 21 heavy (non-hydrogen) atoms. The van der Waals surface area contributed by atoms with E-state index in [4.69, 9.17) is 9.84 Å². The fraction of sp³-hybridized carbons (Fsp3) is 0.429. The highest BCUT2D eigenvalue weighted by Gasteiger charge is 2.30. The van der Waals surface area contributed by atoms with Crippen LogP contribution in [-0.2, 0) is 11.3 Å². The Labute approximate surface area is 123 Å². The molecule has 1 aromatic rings. The second kappa shape index (κ2) is 6.94. The molecule has 1 aromatic carbocycles. The molecule has 0 aliphatic carbocycles. The summed E-state index contributed by atoms with van der Waals surface area (Å²) in [6.45, 7) is 1.08. The van der Waals surface area contributed by atoms with Crippen LogP contribution in [-0.4, -0.2) is 53.4 Å². The summed E-state index contributed by atoms with van der Waals surface area (Å²) in [5.41, 5.74) is -1.12. The first kappa shape index (κ1) is 16.8. The van der Waals surface area contributed by atoms with Crippen molar-refractivity contribution in [2.45, 2.75) is 19.1 Å². The normalized spacial score (nSPS) is 13.1. The van der Waals surface area contributed by atoms with Gasteiger partial charge in [0, 0.05) is 13.6 Å². The van der Waals surface area contributed by atoms with Gasteiger partial charge in [-0.25, -0.2) is 9.59 Å². The number of carboxylic acids is 1. The Balaban J connectivity index is 2.56.